The van der Waals surface area contributed by atoms with E-state index >= 15 is 0 Å². The summed E-state index contributed by atoms with van der Waals surface area (Å²) in [6.07, 6.45) is 5.96. The van der Waals surface area contributed by atoms with E-state index < -0.39 is 36.0 Å². The number of carboxylic acid groups (broad SMARTS) is 1. The number of amides is 2. The lowest BCUT2D eigenvalue weighted by Gasteiger charge is -2.40. The number of esters is 1. The topological polar surface area (TPSA) is 151 Å². The van der Waals surface area contributed by atoms with Gasteiger partial charge in [-0.3, -0.25) is 19.2 Å². The van der Waals surface area contributed by atoms with E-state index in [2.05, 4.69) is 45.3 Å². The molecule has 0 radical (unpaired) electrons. The van der Waals surface area contributed by atoms with Crippen LogP contribution in [0.3, 0.4) is 0 Å². The number of hydrogen-bond donors (Lipinski definition) is 4. The molecule has 0 aliphatic rings. The predicted octanol–water partition coefficient (Wildman–Crippen LogP) is 6.09. The average molecular weight is 659 g/mol. The first kappa shape index (κ1) is 41.5. The molecular formula is C37H62N4O6. The van der Waals surface area contributed by atoms with Crippen molar-refractivity contribution in [1.82, 2.24) is 15.5 Å². The number of rotatable bonds is 22. The molecule has 6 atom stereocenters. The Hall–Kier alpha value is -3.56. The number of carbonyl (C=O) groups excluding carboxylic acids is 3. The van der Waals surface area contributed by atoms with Gasteiger partial charge in [0.2, 0.25) is 5.91 Å². The zero-order chi connectivity index (χ0) is 35.7. The van der Waals surface area contributed by atoms with Crippen LogP contribution < -0.4 is 16.4 Å². The lowest BCUT2D eigenvalue weighted by molar-refractivity contribution is -0.151. The van der Waals surface area contributed by atoms with Crippen molar-refractivity contribution >= 4 is 29.4 Å². The van der Waals surface area contributed by atoms with E-state index in [1.54, 1.807) is 32.1 Å². The summed E-state index contributed by atoms with van der Waals surface area (Å²) in [5.74, 6) is -2.18. The van der Waals surface area contributed by atoms with Gasteiger partial charge in [-0.1, -0.05) is 79.5 Å². The van der Waals surface area contributed by atoms with Crippen molar-refractivity contribution in [2.75, 3.05) is 12.3 Å². The highest BCUT2D eigenvalue weighted by molar-refractivity contribution is 5.93. The Bertz CT molecular complexity index is 1150. The fourth-order valence-electron chi connectivity index (χ4n) is 5.90. The summed E-state index contributed by atoms with van der Waals surface area (Å²) < 4.78 is 6.01. The van der Waals surface area contributed by atoms with Gasteiger partial charge < -0.3 is 31.1 Å². The van der Waals surface area contributed by atoms with Gasteiger partial charge in [0.05, 0.1) is 17.7 Å². The van der Waals surface area contributed by atoms with E-state index in [9.17, 15) is 24.3 Å². The van der Waals surface area contributed by atoms with Gasteiger partial charge in [-0.15, -0.1) is 0 Å². The second-order valence-electron chi connectivity index (χ2n) is 13.2. The number of anilines is 1. The number of allylic oxidation sites excluding steroid dienone is 1. The van der Waals surface area contributed by atoms with Crippen molar-refractivity contribution in [3.8, 4) is 0 Å². The van der Waals surface area contributed by atoms with Gasteiger partial charge in [-0.2, -0.15) is 0 Å². The quantitative estimate of drug-likeness (QED) is 0.0664. The average Bonchev–Trinajstić information content (AvgIpc) is 3.01. The molecular weight excluding hydrogens is 596 g/mol. The molecule has 10 heteroatoms. The Kier molecular flexibility index (Phi) is 18.8. The van der Waals surface area contributed by atoms with E-state index in [0.717, 1.165) is 31.2 Å². The Labute approximate surface area is 283 Å². The van der Waals surface area contributed by atoms with Gasteiger partial charge in [0, 0.05) is 44.1 Å². The highest BCUT2D eigenvalue weighted by Gasteiger charge is 2.36. The van der Waals surface area contributed by atoms with Crippen LogP contribution in [0, 0.1) is 17.8 Å². The minimum Gasteiger partial charge on any atom is -0.481 e. The Morgan fingerprint density at radius 3 is 2.11 bits per heavy atom. The van der Waals surface area contributed by atoms with Crippen LogP contribution in [0.25, 0.3) is 0 Å². The van der Waals surface area contributed by atoms with Crippen molar-refractivity contribution < 1.29 is 29.0 Å². The number of unbranched alkanes of at least 4 members (excludes halogenated alkanes) is 1. The fourth-order valence-corrected chi connectivity index (χ4v) is 5.90. The van der Waals surface area contributed by atoms with Gasteiger partial charge in [0.1, 0.15) is 6.10 Å². The molecule has 0 aliphatic carbocycles. The lowest BCUT2D eigenvalue weighted by atomic mass is 9.86. The third-order valence-corrected chi connectivity index (χ3v) is 8.86. The molecule has 0 bridgehead atoms. The maximum absolute atomic E-state index is 13.8. The van der Waals surface area contributed by atoms with Gasteiger partial charge in [0.15, 0.2) is 0 Å². The number of nitrogens with one attached hydrogen (secondary N) is 2. The molecule has 2 amide bonds. The molecule has 47 heavy (non-hydrogen) atoms. The molecule has 10 nitrogen and oxygen atoms in total. The molecule has 0 aromatic heterocycles. The number of ether oxygens (including phenoxy) is 1. The summed E-state index contributed by atoms with van der Waals surface area (Å²) in [6.45, 7) is 17.8. The van der Waals surface area contributed by atoms with Gasteiger partial charge in [-0.25, -0.2) is 0 Å². The van der Waals surface area contributed by atoms with Crippen LogP contribution in [0.4, 0.5) is 5.69 Å². The number of nitrogen functional groups attached to an aromatic ring is 1. The zero-order valence-corrected chi connectivity index (χ0v) is 30.3. The molecule has 0 aliphatic heterocycles. The van der Waals surface area contributed by atoms with Crippen LogP contribution >= 0.6 is 0 Å². The highest BCUT2D eigenvalue weighted by atomic mass is 16.5. The highest BCUT2D eigenvalue weighted by Crippen LogP contribution is 2.26. The SMILES string of the molecule is C/C=C(\NC(C(C)CC)C(CC(C(C)C)N(CCC)C(=O)CCCC)OC(C)=O)C(=O)NC(Cc1ccc(N)cc1)CC(C)C(=O)O. The minimum absolute atomic E-state index is 0.00272. The van der Waals surface area contributed by atoms with Crippen molar-refractivity contribution in [3.05, 3.63) is 41.6 Å². The van der Waals surface area contributed by atoms with Crippen LogP contribution in [0.2, 0.25) is 0 Å². The van der Waals surface area contributed by atoms with Crippen molar-refractivity contribution in [3.63, 3.8) is 0 Å². The van der Waals surface area contributed by atoms with E-state index in [4.69, 9.17) is 10.5 Å². The molecule has 1 rings (SSSR count). The molecule has 1 aromatic rings. The predicted molar refractivity (Wildman–Crippen MR) is 188 cm³/mol. The summed E-state index contributed by atoms with van der Waals surface area (Å²) in [4.78, 5) is 53.4. The summed E-state index contributed by atoms with van der Waals surface area (Å²) >= 11 is 0. The first-order chi connectivity index (χ1) is 22.2. The number of benzene rings is 1. The maximum atomic E-state index is 13.8. The maximum Gasteiger partial charge on any atom is 0.306 e. The van der Waals surface area contributed by atoms with E-state index in [0.29, 0.717) is 37.2 Å². The number of nitrogens with two attached hydrogens (primary N) is 1. The Morgan fingerprint density at radius 1 is 0.979 bits per heavy atom. The van der Waals surface area contributed by atoms with Crippen molar-refractivity contribution in [1.29, 1.82) is 0 Å². The van der Waals surface area contributed by atoms with Crippen molar-refractivity contribution in [2.45, 2.75) is 138 Å². The molecule has 6 unspecified atom stereocenters. The summed E-state index contributed by atoms with van der Waals surface area (Å²) in [5.41, 5.74) is 7.71. The fraction of sp³-hybridized carbons (Fsp3) is 0.676. The van der Waals surface area contributed by atoms with Crippen LogP contribution in [-0.2, 0) is 30.3 Å². The second kappa shape index (κ2) is 21.3. The lowest BCUT2D eigenvalue weighted by Crippen LogP contribution is -2.53. The zero-order valence-electron chi connectivity index (χ0n) is 30.3. The molecule has 0 saturated carbocycles. The molecule has 0 saturated heterocycles. The number of carboxylic acids is 1. The van der Waals surface area contributed by atoms with Crippen LogP contribution in [-0.4, -0.2) is 64.5 Å². The van der Waals surface area contributed by atoms with E-state index in [1.165, 1.54) is 6.92 Å². The minimum atomic E-state index is -0.933. The molecule has 266 valence electrons. The smallest absolute Gasteiger partial charge is 0.306 e. The third kappa shape index (κ3) is 14.4. The number of aliphatic carboxylic acids is 1. The molecule has 1 aromatic carbocycles. The van der Waals surface area contributed by atoms with Gasteiger partial charge >= 0.3 is 11.9 Å². The van der Waals surface area contributed by atoms with Gasteiger partial charge in [-0.05, 0) is 62.1 Å². The summed E-state index contributed by atoms with van der Waals surface area (Å²) in [7, 11) is 0. The standard InChI is InChI=1S/C37H62N4O6/c1-10-14-15-34(43)41(20-11-2)32(24(5)6)23-33(47-27(9)42)35(25(7)12-3)40-31(13-4)36(44)39-30(21-26(8)37(45)46)22-28-16-18-29(38)19-17-28/h13,16-19,24-26,30,32-33,35,40H,10-12,14-15,20-23,38H2,1-9H3,(H,39,44)(H,45,46)/b31-13-. The van der Waals surface area contributed by atoms with E-state index in [-0.39, 0.29) is 36.1 Å². The summed E-state index contributed by atoms with van der Waals surface area (Å²) in [5, 5.41) is 16.1. The molecule has 5 N–H and O–H groups in total. The first-order valence-corrected chi connectivity index (χ1v) is 17.5. The van der Waals surface area contributed by atoms with Crippen LogP contribution in [0.1, 0.15) is 113 Å². The number of nitrogens with zero attached hydrogens (tertiary/aromatic N) is 1. The Morgan fingerprint density at radius 2 is 1.62 bits per heavy atom. The van der Waals surface area contributed by atoms with Crippen LogP contribution in [0.5, 0.6) is 0 Å². The first-order valence-electron chi connectivity index (χ1n) is 17.5. The molecule has 0 heterocycles. The molecule has 0 spiro atoms. The molecule has 0 fully saturated rings. The Balaban J connectivity index is 3.41. The van der Waals surface area contributed by atoms with E-state index in [1.807, 2.05) is 24.0 Å². The number of hydrogen-bond acceptors (Lipinski definition) is 7. The monoisotopic (exact) mass is 658 g/mol. The normalized spacial score (nSPS) is 15.6. The second-order valence-corrected chi connectivity index (χ2v) is 13.2. The largest absolute Gasteiger partial charge is 0.481 e. The van der Waals surface area contributed by atoms with Crippen molar-refractivity contribution in [2.24, 2.45) is 17.8 Å². The third-order valence-electron chi connectivity index (χ3n) is 8.86. The summed E-state index contributed by atoms with van der Waals surface area (Å²) in [6, 6.07) is 6.26. The van der Waals surface area contributed by atoms with Gasteiger partial charge in [0.25, 0.3) is 5.91 Å². The van der Waals surface area contributed by atoms with Crippen LogP contribution in [0.15, 0.2) is 36.0 Å². The number of carbonyl (C=O) groups is 4.